The van der Waals surface area contributed by atoms with Crippen LogP contribution in [0, 0.1) is 12.8 Å². The third-order valence-corrected chi connectivity index (χ3v) is 4.73. The van der Waals surface area contributed by atoms with Crippen molar-refractivity contribution in [2.45, 2.75) is 64.7 Å². The summed E-state index contributed by atoms with van der Waals surface area (Å²) in [6, 6.07) is 8.79. The second-order valence-corrected chi connectivity index (χ2v) is 7.23. The van der Waals surface area contributed by atoms with Gasteiger partial charge in [-0.05, 0) is 44.6 Å². The van der Waals surface area contributed by atoms with Gasteiger partial charge in [-0.2, -0.15) is 0 Å². The van der Waals surface area contributed by atoms with Gasteiger partial charge in [-0.3, -0.25) is 10.1 Å². The largest absolute Gasteiger partial charge is 0.319 e. The Kier molecular flexibility index (Phi) is 3.56. The van der Waals surface area contributed by atoms with Crippen molar-refractivity contribution in [2.24, 2.45) is 5.92 Å². The minimum absolute atomic E-state index is 0.0358. The number of amides is 1. The first-order chi connectivity index (χ1) is 9.93. The minimum atomic E-state index is -0.250. The van der Waals surface area contributed by atoms with E-state index < -0.39 is 0 Å². The van der Waals surface area contributed by atoms with Gasteiger partial charge in [0.25, 0.3) is 0 Å². The summed E-state index contributed by atoms with van der Waals surface area (Å²) < 4.78 is 0. The predicted octanol–water partition coefficient (Wildman–Crippen LogP) is 3.39. The lowest BCUT2D eigenvalue weighted by atomic mass is 10.0. The number of aryl methyl sites for hydroxylation is 1. The quantitative estimate of drug-likeness (QED) is 0.920. The van der Waals surface area contributed by atoms with Gasteiger partial charge in [-0.25, -0.2) is 0 Å². The van der Waals surface area contributed by atoms with E-state index in [0.29, 0.717) is 11.8 Å². The Bertz CT molecular complexity index is 548. The normalized spacial score (nSPS) is 24.9. The Morgan fingerprint density at radius 2 is 2.05 bits per heavy atom. The Morgan fingerprint density at radius 1 is 1.33 bits per heavy atom. The van der Waals surface area contributed by atoms with Crippen LogP contribution in [0.5, 0.6) is 0 Å². The highest BCUT2D eigenvalue weighted by molar-refractivity contribution is 5.92. The molecule has 0 aromatic heterocycles. The monoisotopic (exact) mass is 286 g/mol. The highest BCUT2D eigenvalue weighted by atomic mass is 16.2. The first-order valence-electron chi connectivity index (χ1n) is 8.10. The Morgan fingerprint density at radius 3 is 2.62 bits per heavy atom. The van der Waals surface area contributed by atoms with E-state index in [9.17, 15) is 4.79 Å². The fraction of sp³-hybridized carbons (Fsp3) is 0.611. The SMILES string of the molecule is Cc1cccc(C2NC3(CC3)C(=O)N2C(C)CC(C)C)c1. The molecular formula is C18H26N2O. The van der Waals surface area contributed by atoms with Crippen molar-refractivity contribution in [3.63, 3.8) is 0 Å². The van der Waals surface area contributed by atoms with Crippen LogP contribution in [0.1, 0.15) is 57.3 Å². The van der Waals surface area contributed by atoms with Gasteiger partial charge in [0.15, 0.2) is 0 Å². The van der Waals surface area contributed by atoms with Crippen LogP contribution in [0.2, 0.25) is 0 Å². The number of rotatable bonds is 4. The van der Waals surface area contributed by atoms with Crippen LogP contribution in [0.25, 0.3) is 0 Å². The van der Waals surface area contributed by atoms with Crippen molar-refractivity contribution in [3.05, 3.63) is 35.4 Å². The number of nitrogens with zero attached hydrogens (tertiary/aromatic N) is 1. The molecule has 1 N–H and O–H groups in total. The zero-order chi connectivity index (χ0) is 15.2. The summed E-state index contributed by atoms with van der Waals surface area (Å²) in [4.78, 5) is 14.9. The molecule has 2 unspecified atom stereocenters. The Hall–Kier alpha value is -1.35. The number of benzene rings is 1. The van der Waals surface area contributed by atoms with Crippen molar-refractivity contribution in [3.8, 4) is 0 Å². The lowest BCUT2D eigenvalue weighted by molar-refractivity contribution is -0.133. The van der Waals surface area contributed by atoms with Crippen LogP contribution in [0.3, 0.4) is 0 Å². The summed E-state index contributed by atoms with van der Waals surface area (Å²) >= 11 is 0. The molecule has 3 nitrogen and oxygen atoms in total. The van der Waals surface area contributed by atoms with E-state index >= 15 is 0 Å². The lowest BCUT2D eigenvalue weighted by Crippen LogP contribution is -2.39. The van der Waals surface area contributed by atoms with E-state index in [2.05, 4.69) is 62.2 Å². The maximum atomic E-state index is 12.8. The zero-order valence-corrected chi connectivity index (χ0v) is 13.5. The van der Waals surface area contributed by atoms with E-state index in [-0.39, 0.29) is 17.7 Å². The second kappa shape index (κ2) is 5.13. The van der Waals surface area contributed by atoms with Crippen molar-refractivity contribution >= 4 is 5.91 Å². The summed E-state index contributed by atoms with van der Waals surface area (Å²) in [6.07, 6.45) is 3.05. The Balaban J connectivity index is 1.91. The fourth-order valence-corrected chi connectivity index (χ4v) is 3.58. The summed E-state index contributed by atoms with van der Waals surface area (Å²) in [5.74, 6) is 0.906. The lowest BCUT2D eigenvalue weighted by Gasteiger charge is -2.31. The number of nitrogens with one attached hydrogen (secondary N) is 1. The highest BCUT2D eigenvalue weighted by Gasteiger charge is 2.60. The van der Waals surface area contributed by atoms with E-state index in [0.717, 1.165) is 19.3 Å². The smallest absolute Gasteiger partial charge is 0.244 e. The molecule has 1 amide bonds. The van der Waals surface area contributed by atoms with Gasteiger partial charge in [0, 0.05) is 6.04 Å². The molecule has 1 aliphatic carbocycles. The third-order valence-electron chi connectivity index (χ3n) is 4.73. The molecule has 1 spiro atoms. The fourth-order valence-electron chi connectivity index (χ4n) is 3.58. The van der Waals surface area contributed by atoms with E-state index in [1.165, 1.54) is 11.1 Å². The number of carbonyl (C=O) groups excluding carboxylic acids is 1. The van der Waals surface area contributed by atoms with Crippen molar-refractivity contribution in [1.82, 2.24) is 10.2 Å². The minimum Gasteiger partial charge on any atom is -0.319 e. The first-order valence-corrected chi connectivity index (χ1v) is 8.10. The van der Waals surface area contributed by atoms with Crippen LogP contribution < -0.4 is 5.32 Å². The average molecular weight is 286 g/mol. The second-order valence-electron chi connectivity index (χ2n) is 7.23. The summed E-state index contributed by atoms with van der Waals surface area (Å²) in [5.41, 5.74) is 2.21. The average Bonchev–Trinajstić information content (AvgIpc) is 3.11. The molecule has 3 rings (SSSR count). The predicted molar refractivity (Wildman–Crippen MR) is 84.8 cm³/mol. The van der Waals surface area contributed by atoms with Gasteiger partial charge >= 0.3 is 0 Å². The standard InChI is InChI=1S/C18H26N2O/c1-12(2)10-14(4)20-16(15-7-5-6-13(3)11-15)19-18(8-9-18)17(20)21/h5-7,11-12,14,16,19H,8-10H2,1-4H3. The molecule has 21 heavy (non-hydrogen) atoms. The molecule has 114 valence electrons. The van der Waals surface area contributed by atoms with Crippen molar-refractivity contribution in [1.29, 1.82) is 0 Å². The van der Waals surface area contributed by atoms with Gasteiger partial charge in [0.05, 0.1) is 0 Å². The molecule has 2 atom stereocenters. The molecule has 3 heteroatoms. The number of hydrogen-bond donors (Lipinski definition) is 1. The maximum Gasteiger partial charge on any atom is 0.244 e. The van der Waals surface area contributed by atoms with E-state index in [4.69, 9.17) is 0 Å². The van der Waals surface area contributed by atoms with Crippen LogP contribution in [0.4, 0.5) is 0 Å². The van der Waals surface area contributed by atoms with Gasteiger partial charge < -0.3 is 4.90 Å². The number of hydrogen-bond acceptors (Lipinski definition) is 2. The third kappa shape index (κ3) is 2.59. The van der Waals surface area contributed by atoms with Crippen LogP contribution in [-0.4, -0.2) is 22.4 Å². The molecule has 0 bridgehead atoms. The highest BCUT2D eigenvalue weighted by Crippen LogP contribution is 2.47. The van der Waals surface area contributed by atoms with Gasteiger partial charge in [0.1, 0.15) is 11.7 Å². The van der Waals surface area contributed by atoms with E-state index in [1.807, 2.05) is 0 Å². The van der Waals surface area contributed by atoms with Crippen molar-refractivity contribution in [2.75, 3.05) is 0 Å². The molecule has 1 aromatic carbocycles. The number of carbonyl (C=O) groups is 1. The molecule has 2 fully saturated rings. The topological polar surface area (TPSA) is 32.3 Å². The molecular weight excluding hydrogens is 260 g/mol. The zero-order valence-electron chi connectivity index (χ0n) is 13.5. The van der Waals surface area contributed by atoms with Gasteiger partial charge in [-0.1, -0.05) is 43.7 Å². The van der Waals surface area contributed by atoms with Gasteiger partial charge in [-0.15, -0.1) is 0 Å². The van der Waals surface area contributed by atoms with Crippen molar-refractivity contribution < 1.29 is 4.79 Å². The maximum absolute atomic E-state index is 12.8. The van der Waals surface area contributed by atoms with Crippen LogP contribution >= 0.6 is 0 Å². The molecule has 0 radical (unpaired) electrons. The summed E-state index contributed by atoms with van der Waals surface area (Å²) in [7, 11) is 0. The molecule has 2 aliphatic rings. The molecule has 1 heterocycles. The van der Waals surface area contributed by atoms with Crippen LogP contribution in [0.15, 0.2) is 24.3 Å². The van der Waals surface area contributed by atoms with E-state index in [1.54, 1.807) is 0 Å². The first kappa shape index (κ1) is 14.6. The molecule has 1 saturated heterocycles. The summed E-state index contributed by atoms with van der Waals surface area (Å²) in [5, 5.41) is 3.62. The molecule has 1 aromatic rings. The summed E-state index contributed by atoms with van der Waals surface area (Å²) in [6.45, 7) is 8.73. The molecule has 1 saturated carbocycles. The Labute approximate surface area is 127 Å². The van der Waals surface area contributed by atoms with Gasteiger partial charge in [0.2, 0.25) is 5.91 Å². The van der Waals surface area contributed by atoms with Crippen LogP contribution in [-0.2, 0) is 4.79 Å². The molecule has 1 aliphatic heterocycles.